The zero-order valence-electron chi connectivity index (χ0n) is 16.5. The highest BCUT2D eigenvalue weighted by Crippen LogP contribution is 2.44. The number of hydrogen-bond acceptors (Lipinski definition) is 3. The molecule has 1 aromatic carbocycles. The van der Waals surface area contributed by atoms with Crippen molar-refractivity contribution >= 4 is 36.4 Å². The maximum atomic E-state index is 6.08. The SMILES string of the molecule is CN(C)CCOC1=CCC2C(=C1)NC(C)(C)CC2c1ccc(Cl)cc1.Cl.Cl. The second-order valence-corrected chi connectivity index (χ2v) is 8.51. The minimum absolute atomic E-state index is 0. The van der Waals surface area contributed by atoms with Gasteiger partial charge in [-0.05, 0) is 76.6 Å². The Morgan fingerprint density at radius 2 is 1.81 bits per heavy atom. The Labute approximate surface area is 181 Å². The largest absolute Gasteiger partial charge is 0.493 e. The first kappa shape index (κ1) is 24.2. The van der Waals surface area contributed by atoms with Gasteiger partial charge in [0.1, 0.15) is 12.4 Å². The van der Waals surface area contributed by atoms with E-state index in [4.69, 9.17) is 16.3 Å². The third kappa shape index (κ3) is 6.32. The number of fused-ring (bicyclic) bond motifs is 1. The molecular formula is C21H31Cl3N2O. The van der Waals surface area contributed by atoms with E-state index < -0.39 is 0 Å². The van der Waals surface area contributed by atoms with Crippen LogP contribution in [0.4, 0.5) is 0 Å². The summed E-state index contributed by atoms with van der Waals surface area (Å²) < 4.78 is 5.95. The molecule has 2 aliphatic rings. The normalized spacial score (nSPS) is 23.0. The molecule has 27 heavy (non-hydrogen) atoms. The van der Waals surface area contributed by atoms with Crippen molar-refractivity contribution in [1.29, 1.82) is 0 Å². The van der Waals surface area contributed by atoms with Gasteiger partial charge in [0.15, 0.2) is 0 Å². The fraction of sp³-hybridized carbons (Fsp3) is 0.524. The van der Waals surface area contributed by atoms with Gasteiger partial charge in [-0.15, -0.1) is 24.8 Å². The van der Waals surface area contributed by atoms with Gasteiger partial charge in [-0.25, -0.2) is 0 Å². The molecule has 1 N–H and O–H groups in total. The molecule has 3 nitrogen and oxygen atoms in total. The Kier molecular flexibility index (Phi) is 9.01. The van der Waals surface area contributed by atoms with Crippen molar-refractivity contribution < 1.29 is 4.74 Å². The van der Waals surface area contributed by atoms with Crippen molar-refractivity contribution in [3.63, 3.8) is 0 Å². The van der Waals surface area contributed by atoms with E-state index in [1.54, 1.807) is 0 Å². The van der Waals surface area contributed by atoms with Gasteiger partial charge in [-0.1, -0.05) is 23.7 Å². The molecule has 2 atom stereocenters. The van der Waals surface area contributed by atoms with Crippen LogP contribution in [-0.2, 0) is 4.74 Å². The first-order valence-corrected chi connectivity index (χ1v) is 9.45. The smallest absolute Gasteiger partial charge is 0.117 e. The second-order valence-electron chi connectivity index (χ2n) is 8.07. The first-order valence-electron chi connectivity index (χ1n) is 9.07. The fourth-order valence-corrected chi connectivity index (χ4v) is 3.97. The zero-order chi connectivity index (χ0) is 18.0. The van der Waals surface area contributed by atoms with Gasteiger partial charge in [0.2, 0.25) is 0 Å². The molecule has 0 bridgehead atoms. The van der Waals surface area contributed by atoms with Crippen LogP contribution in [0.15, 0.2) is 47.9 Å². The molecule has 0 aromatic heterocycles. The van der Waals surface area contributed by atoms with E-state index >= 15 is 0 Å². The average molecular weight is 434 g/mol. The summed E-state index contributed by atoms with van der Waals surface area (Å²) in [6, 6.07) is 8.37. The Hall–Kier alpha value is -0.870. The van der Waals surface area contributed by atoms with Crippen molar-refractivity contribution in [2.45, 2.75) is 38.1 Å². The lowest BCUT2D eigenvalue weighted by Gasteiger charge is -2.45. The predicted octanol–water partition coefficient (Wildman–Crippen LogP) is 5.41. The highest BCUT2D eigenvalue weighted by molar-refractivity contribution is 6.30. The van der Waals surface area contributed by atoms with Gasteiger partial charge in [0.05, 0.1) is 0 Å². The number of piperidine rings is 1. The van der Waals surface area contributed by atoms with E-state index in [2.05, 4.69) is 62.4 Å². The van der Waals surface area contributed by atoms with Crippen LogP contribution in [0.25, 0.3) is 0 Å². The molecule has 0 saturated carbocycles. The third-order valence-electron chi connectivity index (χ3n) is 5.07. The summed E-state index contributed by atoms with van der Waals surface area (Å²) in [5.41, 5.74) is 2.75. The van der Waals surface area contributed by atoms with Crippen LogP contribution in [0.5, 0.6) is 0 Å². The molecule has 0 radical (unpaired) electrons. The second kappa shape index (κ2) is 10.1. The van der Waals surface area contributed by atoms with Crippen molar-refractivity contribution in [2.75, 3.05) is 27.2 Å². The maximum absolute atomic E-state index is 6.08. The molecular weight excluding hydrogens is 403 g/mol. The van der Waals surface area contributed by atoms with Gasteiger partial charge in [0, 0.05) is 28.7 Å². The standard InChI is InChI=1S/C21H29ClN2O.2ClH/c1-21(2)14-19(15-5-7-16(22)8-6-15)18-10-9-17(13-20(18)23-21)25-12-11-24(3)4;;/h5-9,13,18-19,23H,10-12,14H2,1-4H3;2*1H. The molecule has 0 spiro atoms. The summed E-state index contributed by atoms with van der Waals surface area (Å²) in [5.74, 6) is 1.97. The van der Waals surface area contributed by atoms with Crippen LogP contribution in [0.1, 0.15) is 38.2 Å². The quantitative estimate of drug-likeness (QED) is 0.672. The van der Waals surface area contributed by atoms with Crippen LogP contribution < -0.4 is 5.32 Å². The highest BCUT2D eigenvalue weighted by atomic mass is 35.5. The Morgan fingerprint density at radius 1 is 1.15 bits per heavy atom. The highest BCUT2D eigenvalue weighted by Gasteiger charge is 2.39. The molecule has 6 heteroatoms. The van der Waals surface area contributed by atoms with Crippen molar-refractivity contribution in [3.05, 3.63) is 58.5 Å². The lowest BCUT2D eigenvalue weighted by Crippen LogP contribution is -2.48. The maximum Gasteiger partial charge on any atom is 0.117 e. The molecule has 0 amide bonds. The van der Waals surface area contributed by atoms with E-state index in [-0.39, 0.29) is 30.4 Å². The molecule has 1 fully saturated rings. The van der Waals surface area contributed by atoms with Crippen LogP contribution in [0, 0.1) is 5.92 Å². The molecule has 1 aromatic rings. The van der Waals surface area contributed by atoms with Crippen molar-refractivity contribution in [1.82, 2.24) is 10.2 Å². The molecule has 1 heterocycles. The molecule has 1 aliphatic carbocycles. The minimum atomic E-state index is 0. The molecule has 3 rings (SSSR count). The summed E-state index contributed by atoms with van der Waals surface area (Å²) in [6.07, 6.45) is 6.57. The Bertz CT molecular complexity index is 669. The summed E-state index contributed by atoms with van der Waals surface area (Å²) in [5, 5.41) is 4.54. The van der Waals surface area contributed by atoms with Crippen molar-refractivity contribution in [3.8, 4) is 0 Å². The van der Waals surface area contributed by atoms with Crippen LogP contribution in [0.3, 0.4) is 0 Å². The Balaban J connectivity index is 0.00000182. The number of nitrogens with one attached hydrogen (secondary N) is 1. The van der Waals surface area contributed by atoms with E-state index in [0.29, 0.717) is 11.8 Å². The van der Waals surface area contributed by atoms with Gasteiger partial charge in [0.25, 0.3) is 0 Å². The summed E-state index contributed by atoms with van der Waals surface area (Å²) >= 11 is 6.08. The number of rotatable bonds is 5. The number of halogens is 3. The van der Waals surface area contributed by atoms with Gasteiger partial charge >= 0.3 is 0 Å². The summed E-state index contributed by atoms with van der Waals surface area (Å²) in [6.45, 7) is 6.20. The molecule has 1 aliphatic heterocycles. The predicted molar refractivity (Wildman–Crippen MR) is 119 cm³/mol. The third-order valence-corrected chi connectivity index (χ3v) is 5.33. The number of likely N-dealkylation sites (N-methyl/N-ethyl adjacent to an activating group) is 1. The molecule has 1 saturated heterocycles. The Morgan fingerprint density at radius 3 is 2.44 bits per heavy atom. The summed E-state index contributed by atoms with van der Waals surface area (Å²) in [4.78, 5) is 2.14. The topological polar surface area (TPSA) is 24.5 Å². The number of benzene rings is 1. The van der Waals surface area contributed by atoms with E-state index in [1.165, 1.54) is 11.3 Å². The van der Waals surface area contributed by atoms with Gasteiger partial charge < -0.3 is 15.0 Å². The van der Waals surface area contributed by atoms with Crippen LogP contribution >= 0.6 is 36.4 Å². The number of hydrogen-bond donors (Lipinski definition) is 1. The molecule has 152 valence electrons. The zero-order valence-corrected chi connectivity index (χ0v) is 18.9. The number of ether oxygens (including phenoxy) is 1. The average Bonchev–Trinajstić information content (AvgIpc) is 2.53. The van der Waals surface area contributed by atoms with Crippen LogP contribution in [-0.4, -0.2) is 37.7 Å². The van der Waals surface area contributed by atoms with E-state index in [1.807, 2.05) is 12.1 Å². The van der Waals surface area contributed by atoms with Crippen LogP contribution in [0.2, 0.25) is 5.02 Å². The number of allylic oxidation sites excluding steroid dienone is 3. The van der Waals surface area contributed by atoms with E-state index in [0.717, 1.165) is 36.8 Å². The number of nitrogens with zero attached hydrogens (tertiary/aromatic N) is 1. The summed E-state index contributed by atoms with van der Waals surface area (Å²) in [7, 11) is 4.13. The lowest BCUT2D eigenvalue weighted by molar-refractivity contribution is 0.184. The van der Waals surface area contributed by atoms with Gasteiger partial charge in [-0.2, -0.15) is 0 Å². The monoisotopic (exact) mass is 432 g/mol. The van der Waals surface area contributed by atoms with E-state index in [9.17, 15) is 0 Å². The van der Waals surface area contributed by atoms with Crippen molar-refractivity contribution in [2.24, 2.45) is 5.92 Å². The minimum Gasteiger partial charge on any atom is -0.493 e. The molecule has 2 unspecified atom stereocenters. The fourth-order valence-electron chi connectivity index (χ4n) is 3.84. The lowest BCUT2D eigenvalue weighted by atomic mass is 9.70. The first-order chi connectivity index (χ1) is 11.8. The van der Waals surface area contributed by atoms with Gasteiger partial charge in [-0.3, -0.25) is 0 Å².